The van der Waals surface area contributed by atoms with Crippen LogP contribution in [0.5, 0.6) is 0 Å². The molecule has 1 aromatic heterocycles. The van der Waals surface area contributed by atoms with E-state index < -0.39 is 57.1 Å². The van der Waals surface area contributed by atoms with E-state index in [2.05, 4.69) is 26.0 Å². The quantitative estimate of drug-likeness (QED) is 0.192. The topological polar surface area (TPSA) is 171 Å². The molecule has 1 atom stereocenters. The number of rotatable bonds is 10. The molecule has 43 heavy (non-hydrogen) atoms. The van der Waals surface area contributed by atoms with Gasteiger partial charge in [0.05, 0.1) is 15.8 Å². The summed E-state index contributed by atoms with van der Waals surface area (Å²) in [4.78, 5) is 38.0. The summed E-state index contributed by atoms with van der Waals surface area (Å²) >= 11 is 0. The van der Waals surface area contributed by atoms with Gasteiger partial charge in [-0.05, 0) is 57.5 Å². The number of halogens is 2. The van der Waals surface area contributed by atoms with Crippen LogP contribution in [0.1, 0.15) is 39.0 Å². The van der Waals surface area contributed by atoms with Crippen LogP contribution in [0.15, 0.2) is 34.1 Å². The van der Waals surface area contributed by atoms with Crippen LogP contribution in [0, 0.1) is 32.4 Å². The Morgan fingerprint density at radius 1 is 1.12 bits per heavy atom. The zero-order valence-electron chi connectivity index (χ0n) is 24.1. The molecular formula is C28H34F2N6O6S. The number of hydrogen-bond acceptors (Lipinski definition) is 8. The zero-order chi connectivity index (χ0) is 31.6. The van der Waals surface area contributed by atoms with Crippen molar-refractivity contribution in [3.63, 3.8) is 0 Å². The highest BCUT2D eigenvalue weighted by molar-refractivity contribution is 7.89. The number of amides is 1. The summed E-state index contributed by atoms with van der Waals surface area (Å²) in [5, 5.41) is 20.7. The van der Waals surface area contributed by atoms with Crippen LogP contribution in [0.3, 0.4) is 0 Å². The number of nitrogens with zero attached hydrogens (tertiary/aromatic N) is 1. The van der Waals surface area contributed by atoms with E-state index in [0.717, 1.165) is 37.3 Å². The van der Waals surface area contributed by atoms with Gasteiger partial charge < -0.3 is 15.0 Å². The molecule has 0 saturated carbocycles. The van der Waals surface area contributed by atoms with Gasteiger partial charge in [-0.1, -0.05) is 17.7 Å². The van der Waals surface area contributed by atoms with E-state index in [1.54, 1.807) is 32.9 Å². The number of aromatic nitrogens is 1. The van der Waals surface area contributed by atoms with E-state index in [-0.39, 0.29) is 34.2 Å². The Morgan fingerprint density at radius 2 is 1.74 bits per heavy atom. The molecule has 12 nitrogen and oxygen atoms in total. The Morgan fingerprint density at radius 3 is 2.35 bits per heavy atom. The van der Waals surface area contributed by atoms with Crippen LogP contribution in [0.4, 0.5) is 8.78 Å². The second-order valence-corrected chi connectivity index (χ2v) is 12.2. The third kappa shape index (κ3) is 6.91. The normalized spacial score (nSPS) is 15.0. The Bertz CT molecular complexity index is 1730. The molecule has 3 aromatic rings. The Kier molecular flexibility index (Phi) is 9.61. The molecule has 1 saturated heterocycles. The summed E-state index contributed by atoms with van der Waals surface area (Å²) in [6.45, 7) is 5.53. The SMILES string of the molecule is Cc1cc(C)c(S(=O)(=O)NC(CNC(=O)c2cn(C)c3c(F)c(CNC4NCCCN4)c(F)cc3c2=O)C(=O)O)c(C)c1. The summed E-state index contributed by atoms with van der Waals surface area (Å²) < 4.78 is 59.9. The maximum atomic E-state index is 15.5. The molecule has 1 unspecified atom stereocenters. The summed E-state index contributed by atoms with van der Waals surface area (Å²) in [5.74, 6) is -4.56. The second-order valence-electron chi connectivity index (χ2n) is 10.6. The fourth-order valence-electron chi connectivity index (χ4n) is 5.26. The molecular weight excluding hydrogens is 586 g/mol. The highest BCUT2D eigenvalue weighted by Gasteiger charge is 2.29. The maximum absolute atomic E-state index is 15.5. The van der Waals surface area contributed by atoms with Crippen LogP contribution in [-0.4, -0.2) is 61.9 Å². The minimum absolute atomic E-state index is 0.0797. The van der Waals surface area contributed by atoms with E-state index in [1.165, 1.54) is 11.6 Å². The number of fused-ring (bicyclic) bond motifs is 1. The van der Waals surface area contributed by atoms with Gasteiger partial charge in [0.1, 0.15) is 23.7 Å². The monoisotopic (exact) mass is 620 g/mol. The smallest absolute Gasteiger partial charge is 0.323 e. The number of aryl methyl sites for hydroxylation is 4. The lowest BCUT2D eigenvalue weighted by atomic mass is 10.1. The van der Waals surface area contributed by atoms with E-state index in [1.807, 2.05) is 0 Å². The second kappa shape index (κ2) is 12.9. The summed E-state index contributed by atoms with van der Waals surface area (Å²) in [6.07, 6.45) is 1.62. The lowest BCUT2D eigenvalue weighted by Gasteiger charge is -2.26. The molecule has 15 heteroatoms. The molecule has 1 aliphatic heterocycles. The van der Waals surface area contributed by atoms with Gasteiger partial charge in [-0.25, -0.2) is 17.2 Å². The highest BCUT2D eigenvalue weighted by Crippen LogP contribution is 2.23. The predicted octanol–water partition coefficient (Wildman–Crippen LogP) is 0.860. The first kappa shape index (κ1) is 32.2. The van der Waals surface area contributed by atoms with Crippen LogP contribution in [0.2, 0.25) is 0 Å². The standard InChI is InChI=1S/C28H34F2N6O6S/c1-14-8-15(2)25(16(3)9-14)43(41,42)35-21(27(39)40)12-33-26(38)19-13-36(4)23-17(24(19)37)10-20(29)18(22(23)30)11-34-28-31-6-5-7-32-28/h8-10,13,21,28,31-32,34-35H,5-7,11-12H2,1-4H3,(H,33,38)(H,39,40). The molecule has 1 aliphatic rings. The van der Waals surface area contributed by atoms with E-state index >= 15 is 4.39 Å². The average molecular weight is 621 g/mol. The zero-order valence-corrected chi connectivity index (χ0v) is 24.9. The first-order valence-electron chi connectivity index (χ1n) is 13.5. The molecule has 4 rings (SSSR count). The lowest BCUT2D eigenvalue weighted by molar-refractivity contribution is -0.138. The number of carbonyl (C=O) groups excluding carboxylic acids is 1. The number of benzene rings is 2. The predicted molar refractivity (Wildman–Crippen MR) is 155 cm³/mol. The summed E-state index contributed by atoms with van der Waals surface area (Å²) in [6, 6.07) is 2.36. The van der Waals surface area contributed by atoms with Crippen LogP contribution < -0.4 is 31.4 Å². The van der Waals surface area contributed by atoms with Gasteiger partial charge in [0.25, 0.3) is 5.91 Å². The molecule has 0 bridgehead atoms. The van der Waals surface area contributed by atoms with Crippen molar-refractivity contribution < 1.29 is 31.9 Å². The third-order valence-electron chi connectivity index (χ3n) is 7.17. The van der Waals surface area contributed by atoms with Gasteiger partial charge in [0, 0.05) is 31.9 Å². The van der Waals surface area contributed by atoms with Gasteiger partial charge in [0.15, 0.2) is 5.82 Å². The van der Waals surface area contributed by atoms with Gasteiger partial charge in [-0.15, -0.1) is 0 Å². The van der Waals surface area contributed by atoms with Gasteiger partial charge in [-0.3, -0.25) is 30.3 Å². The molecule has 2 aromatic carbocycles. The van der Waals surface area contributed by atoms with E-state index in [0.29, 0.717) is 11.1 Å². The lowest BCUT2D eigenvalue weighted by Crippen LogP contribution is -2.56. The number of sulfonamides is 1. The van der Waals surface area contributed by atoms with Crippen LogP contribution in [-0.2, 0) is 28.4 Å². The highest BCUT2D eigenvalue weighted by atomic mass is 32.2. The van der Waals surface area contributed by atoms with Crippen molar-refractivity contribution >= 4 is 32.8 Å². The van der Waals surface area contributed by atoms with Crippen molar-refractivity contribution in [3.8, 4) is 0 Å². The first-order chi connectivity index (χ1) is 20.2. The molecule has 0 radical (unpaired) electrons. The summed E-state index contributed by atoms with van der Waals surface area (Å²) in [7, 11) is -2.93. The summed E-state index contributed by atoms with van der Waals surface area (Å²) in [5.41, 5.74) is -0.329. The minimum Gasteiger partial charge on any atom is -0.480 e. The number of carbonyl (C=O) groups is 2. The largest absolute Gasteiger partial charge is 0.480 e. The van der Waals surface area contributed by atoms with Crippen molar-refractivity contribution in [2.24, 2.45) is 7.05 Å². The van der Waals surface area contributed by atoms with Crippen molar-refractivity contribution in [2.45, 2.75) is 51.0 Å². The number of hydrogen-bond donors (Lipinski definition) is 6. The van der Waals surface area contributed by atoms with Crippen molar-refractivity contribution in [3.05, 3.63) is 74.1 Å². The minimum atomic E-state index is -4.31. The Balaban J connectivity index is 1.56. The number of nitrogens with one attached hydrogen (secondary N) is 5. The number of aliphatic carboxylic acids is 1. The molecule has 6 N–H and O–H groups in total. The fraction of sp³-hybridized carbons (Fsp3) is 0.393. The number of pyridine rings is 1. The average Bonchev–Trinajstić information content (AvgIpc) is 2.92. The van der Waals surface area contributed by atoms with Gasteiger partial charge in [0.2, 0.25) is 15.5 Å². The van der Waals surface area contributed by atoms with Gasteiger partial charge in [-0.2, -0.15) is 4.72 Å². The molecule has 0 aliphatic carbocycles. The number of carboxylic acids is 1. The molecule has 232 valence electrons. The van der Waals surface area contributed by atoms with E-state index in [4.69, 9.17) is 0 Å². The number of carboxylic acid groups (broad SMARTS) is 1. The molecule has 0 spiro atoms. The molecule has 1 fully saturated rings. The fourth-order valence-corrected chi connectivity index (χ4v) is 6.90. The van der Waals surface area contributed by atoms with Crippen molar-refractivity contribution in [1.29, 1.82) is 0 Å². The Hall–Kier alpha value is -3.76. The molecule has 1 amide bonds. The third-order valence-corrected chi connectivity index (χ3v) is 8.94. The van der Waals surface area contributed by atoms with E-state index in [9.17, 15) is 32.3 Å². The first-order valence-corrected chi connectivity index (χ1v) is 15.0. The van der Waals surface area contributed by atoms with Crippen LogP contribution >= 0.6 is 0 Å². The van der Waals surface area contributed by atoms with Crippen molar-refractivity contribution in [2.75, 3.05) is 19.6 Å². The maximum Gasteiger partial charge on any atom is 0.323 e. The van der Waals surface area contributed by atoms with Crippen molar-refractivity contribution in [1.82, 2.24) is 30.6 Å². The molecule has 2 heterocycles. The van der Waals surface area contributed by atoms with Crippen LogP contribution in [0.25, 0.3) is 10.9 Å². The van der Waals surface area contributed by atoms with Gasteiger partial charge >= 0.3 is 5.97 Å². The Labute approximate surface area is 246 Å².